The van der Waals surface area contributed by atoms with Crippen molar-refractivity contribution in [1.29, 1.82) is 0 Å². The molecule has 0 heterocycles. The van der Waals surface area contributed by atoms with Crippen LogP contribution >= 0.6 is 0 Å². The summed E-state index contributed by atoms with van der Waals surface area (Å²) in [6.45, 7) is 13.2. The van der Waals surface area contributed by atoms with Crippen molar-refractivity contribution in [3.63, 3.8) is 0 Å². The maximum Gasteiger partial charge on any atom is 0.407 e. The SMILES string of the molecule is CCC(COC)NCC(NC(=O)OC(C)(C)C)C(C)C. The summed E-state index contributed by atoms with van der Waals surface area (Å²) >= 11 is 0. The second-order valence-electron chi connectivity index (χ2n) is 6.47. The number of carbonyl (C=O) groups is 1. The highest BCUT2D eigenvalue weighted by molar-refractivity contribution is 5.68. The van der Waals surface area contributed by atoms with Gasteiger partial charge >= 0.3 is 6.09 Å². The van der Waals surface area contributed by atoms with Crippen molar-refractivity contribution in [1.82, 2.24) is 10.6 Å². The molecule has 5 heteroatoms. The summed E-state index contributed by atoms with van der Waals surface area (Å²) in [5.74, 6) is 0.329. The highest BCUT2D eigenvalue weighted by Gasteiger charge is 2.21. The fraction of sp³-hybridized carbons (Fsp3) is 0.933. The van der Waals surface area contributed by atoms with E-state index >= 15 is 0 Å². The molecule has 5 nitrogen and oxygen atoms in total. The maximum atomic E-state index is 11.8. The van der Waals surface area contributed by atoms with Gasteiger partial charge in [-0.25, -0.2) is 4.79 Å². The number of rotatable bonds is 8. The largest absolute Gasteiger partial charge is 0.444 e. The van der Waals surface area contributed by atoms with Crippen LogP contribution < -0.4 is 10.6 Å². The lowest BCUT2D eigenvalue weighted by Gasteiger charge is -2.27. The zero-order valence-electron chi connectivity index (χ0n) is 14.1. The van der Waals surface area contributed by atoms with Crippen LogP contribution in [0.1, 0.15) is 48.0 Å². The van der Waals surface area contributed by atoms with Gasteiger partial charge in [-0.1, -0.05) is 20.8 Å². The summed E-state index contributed by atoms with van der Waals surface area (Å²) < 4.78 is 10.5. The Balaban J connectivity index is 4.33. The van der Waals surface area contributed by atoms with Gasteiger partial charge in [0.1, 0.15) is 5.60 Å². The van der Waals surface area contributed by atoms with Gasteiger partial charge in [-0.2, -0.15) is 0 Å². The number of nitrogens with one attached hydrogen (secondary N) is 2. The number of hydrogen-bond donors (Lipinski definition) is 2. The number of hydrogen-bond acceptors (Lipinski definition) is 4. The van der Waals surface area contributed by atoms with Gasteiger partial charge in [-0.05, 0) is 33.1 Å². The Morgan fingerprint density at radius 1 is 1.25 bits per heavy atom. The normalized spacial score (nSPS) is 15.0. The zero-order chi connectivity index (χ0) is 15.8. The lowest BCUT2D eigenvalue weighted by molar-refractivity contribution is 0.0487. The first kappa shape index (κ1) is 19.2. The van der Waals surface area contributed by atoms with E-state index < -0.39 is 5.60 Å². The molecule has 0 aromatic rings. The summed E-state index contributed by atoms with van der Waals surface area (Å²) in [6, 6.07) is 0.345. The molecule has 120 valence electrons. The molecule has 20 heavy (non-hydrogen) atoms. The van der Waals surface area contributed by atoms with Crippen LogP contribution in [0.2, 0.25) is 0 Å². The summed E-state index contributed by atoms with van der Waals surface area (Å²) in [6.07, 6.45) is 0.628. The Bertz CT molecular complexity index is 275. The molecule has 0 saturated carbocycles. The molecule has 0 rings (SSSR count). The van der Waals surface area contributed by atoms with E-state index in [-0.39, 0.29) is 12.1 Å². The molecule has 0 fully saturated rings. The average Bonchev–Trinajstić information content (AvgIpc) is 2.29. The van der Waals surface area contributed by atoms with Crippen LogP contribution in [0.4, 0.5) is 4.79 Å². The molecule has 2 N–H and O–H groups in total. The van der Waals surface area contributed by atoms with Gasteiger partial charge in [0.25, 0.3) is 0 Å². The van der Waals surface area contributed by atoms with E-state index in [9.17, 15) is 4.79 Å². The number of alkyl carbamates (subject to hydrolysis) is 1. The van der Waals surface area contributed by atoms with Crippen molar-refractivity contribution in [3.05, 3.63) is 0 Å². The number of ether oxygens (including phenoxy) is 2. The Labute approximate surface area is 123 Å². The molecule has 1 amide bonds. The van der Waals surface area contributed by atoms with Gasteiger partial charge in [-0.15, -0.1) is 0 Å². The minimum absolute atomic E-state index is 0.0377. The van der Waals surface area contributed by atoms with Crippen LogP contribution in [-0.2, 0) is 9.47 Å². The Morgan fingerprint density at radius 2 is 1.85 bits per heavy atom. The molecular weight excluding hydrogens is 256 g/mol. The lowest BCUT2D eigenvalue weighted by atomic mass is 10.0. The van der Waals surface area contributed by atoms with Gasteiger partial charge in [-0.3, -0.25) is 0 Å². The highest BCUT2D eigenvalue weighted by Crippen LogP contribution is 2.08. The molecule has 0 aliphatic heterocycles. The van der Waals surface area contributed by atoms with E-state index in [1.54, 1.807) is 7.11 Å². The van der Waals surface area contributed by atoms with E-state index in [0.29, 0.717) is 25.1 Å². The standard InChI is InChI=1S/C15H32N2O3/c1-8-12(10-19-7)16-9-13(11(2)3)17-14(18)20-15(4,5)6/h11-13,16H,8-10H2,1-7H3,(H,17,18). The van der Waals surface area contributed by atoms with E-state index in [2.05, 4.69) is 31.4 Å². The van der Waals surface area contributed by atoms with Crippen molar-refractivity contribution in [2.24, 2.45) is 5.92 Å². The molecule has 0 aliphatic rings. The van der Waals surface area contributed by atoms with Crippen LogP contribution in [0.15, 0.2) is 0 Å². The van der Waals surface area contributed by atoms with E-state index in [0.717, 1.165) is 6.42 Å². The monoisotopic (exact) mass is 288 g/mol. The van der Waals surface area contributed by atoms with Gasteiger partial charge in [0.2, 0.25) is 0 Å². The Hall–Kier alpha value is -0.810. The quantitative estimate of drug-likeness (QED) is 0.720. The van der Waals surface area contributed by atoms with Gasteiger partial charge in [0.15, 0.2) is 0 Å². The number of amides is 1. The van der Waals surface area contributed by atoms with Crippen LogP contribution in [-0.4, -0.2) is 44.0 Å². The molecular formula is C15H32N2O3. The van der Waals surface area contributed by atoms with E-state index in [1.807, 2.05) is 20.8 Å². The predicted molar refractivity (Wildman–Crippen MR) is 82.0 cm³/mol. The minimum atomic E-state index is -0.471. The van der Waals surface area contributed by atoms with Gasteiger partial charge in [0, 0.05) is 25.7 Å². The highest BCUT2D eigenvalue weighted by atomic mass is 16.6. The van der Waals surface area contributed by atoms with E-state index in [1.165, 1.54) is 0 Å². The maximum absolute atomic E-state index is 11.8. The molecule has 0 aromatic carbocycles. The third-order valence-electron chi connectivity index (χ3n) is 2.99. The van der Waals surface area contributed by atoms with Crippen LogP contribution in [0.5, 0.6) is 0 Å². The summed E-state index contributed by atoms with van der Waals surface area (Å²) in [7, 11) is 1.70. The fourth-order valence-corrected chi connectivity index (χ4v) is 1.73. The van der Waals surface area contributed by atoms with E-state index in [4.69, 9.17) is 9.47 Å². The second kappa shape index (κ2) is 9.19. The third-order valence-corrected chi connectivity index (χ3v) is 2.99. The molecule has 0 aromatic heterocycles. The number of carbonyl (C=O) groups excluding carboxylic acids is 1. The van der Waals surface area contributed by atoms with Crippen LogP contribution in [0, 0.1) is 5.92 Å². The zero-order valence-corrected chi connectivity index (χ0v) is 14.1. The number of methoxy groups -OCH3 is 1. The van der Waals surface area contributed by atoms with Crippen molar-refractivity contribution >= 4 is 6.09 Å². The fourth-order valence-electron chi connectivity index (χ4n) is 1.73. The summed E-state index contributed by atoms with van der Waals surface area (Å²) in [5.41, 5.74) is -0.471. The Kier molecular flexibility index (Phi) is 8.81. The van der Waals surface area contributed by atoms with Crippen molar-refractivity contribution < 1.29 is 14.3 Å². The lowest BCUT2D eigenvalue weighted by Crippen LogP contribution is -2.49. The van der Waals surface area contributed by atoms with Gasteiger partial charge < -0.3 is 20.1 Å². The molecule has 0 spiro atoms. The first-order chi connectivity index (χ1) is 9.19. The molecule has 0 aliphatic carbocycles. The third kappa shape index (κ3) is 9.15. The topological polar surface area (TPSA) is 59.6 Å². The van der Waals surface area contributed by atoms with Crippen LogP contribution in [0.3, 0.4) is 0 Å². The van der Waals surface area contributed by atoms with Gasteiger partial charge in [0.05, 0.1) is 6.61 Å². The molecule has 0 saturated heterocycles. The molecule has 0 bridgehead atoms. The van der Waals surface area contributed by atoms with Crippen molar-refractivity contribution in [3.8, 4) is 0 Å². The minimum Gasteiger partial charge on any atom is -0.444 e. The molecule has 2 unspecified atom stereocenters. The van der Waals surface area contributed by atoms with Crippen LogP contribution in [0.25, 0.3) is 0 Å². The molecule has 2 atom stereocenters. The molecule has 0 radical (unpaired) electrons. The first-order valence-corrected chi connectivity index (χ1v) is 7.41. The second-order valence-corrected chi connectivity index (χ2v) is 6.47. The summed E-state index contributed by atoms with van der Waals surface area (Å²) in [5, 5.41) is 6.35. The average molecular weight is 288 g/mol. The van der Waals surface area contributed by atoms with Crippen molar-refractivity contribution in [2.45, 2.75) is 65.6 Å². The first-order valence-electron chi connectivity index (χ1n) is 7.41. The van der Waals surface area contributed by atoms with Crippen molar-refractivity contribution in [2.75, 3.05) is 20.3 Å². The Morgan fingerprint density at radius 3 is 2.25 bits per heavy atom. The predicted octanol–water partition coefficient (Wildman–Crippen LogP) is 2.55. The smallest absolute Gasteiger partial charge is 0.407 e. The summed E-state index contributed by atoms with van der Waals surface area (Å²) in [4.78, 5) is 11.8.